The van der Waals surface area contributed by atoms with Crippen molar-refractivity contribution in [2.75, 3.05) is 18.0 Å². The molecule has 0 saturated carbocycles. The minimum absolute atomic E-state index is 0.287. The van der Waals surface area contributed by atoms with Crippen LogP contribution in [0.4, 0.5) is 5.69 Å². The number of ether oxygens (including phenoxy) is 1. The van der Waals surface area contributed by atoms with E-state index in [0.717, 1.165) is 13.1 Å². The first-order valence-corrected chi connectivity index (χ1v) is 5.89. The number of morpholine rings is 1. The summed E-state index contributed by atoms with van der Waals surface area (Å²) < 4.78 is 5.74. The van der Waals surface area contributed by atoms with Crippen LogP contribution in [-0.4, -0.2) is 25.3 Å². The van der Waals surface area contributed by atoms with Crippen LogP contribution in [-0.2, 0) is 11.3 Å². The van der Waals surface area contributed by atoms with Gasteiger partial charge in [0, 0.05) is 25.3 Å². The minimum atomic E-state index is 0.287. The van der Waals surface area contributed by atoms with Crippen molar-refractivity contribution in [3.63, 3.8) is 0 Å². The quantitative estimate of drug-likeness (QED) is 0.825. The number of nitrogens with zero attached hydrogens (tertiary/aromatic N) is 1. The average molecular weight is 220 g/mol. The Morgan fingerprint density at radius 2 is 1.88 bits per heavy atom. The highest BCUT2D eigenvalue weighted by atomic mass is 16.5. The molecule has 2 rings (SSSR count). The van der Waals surface area contributed by atoms with Gasteiger partial charge in [-0.3, -0.25) is 0 Å². The van der Waals surface area contributed by atoms with Gasteiger partial charge in [0.05, 0.1) is 12.2 Å². The second-order valence-electron chi connectivity index (χ2n) is 4.50. The molecule has 2 N–H and O–H groups in total. The Morgan fingerprint density at radius 1 is 1.25 bits per heavy atom. The van der Waals surface area contributed by atoms with Gasteiger partial charge in [-0.2, -0.15) is 0 Å². The molecular formula is C13H20N2O. The fourth-order valence-corrected chi connectivity index (χ4v) is 2.37. The van der Waals surface area contributed by atoms with Crippen LogP contribution in [0.15, 0.2) is 24.3 Å². The van der Waals surface area contributed by atoms with Crippen LogP contribution in [0.25, 0.3) is 0 Å². The Hall–Kier alpha value is -1.06. The normalized spacial score (nSPS) is 25.8. The Labute approximate surface area is 97.2 Å². The predicted molar refractivity (Wildman–Crippen MR) is 66.6 cm³/mol. The highest BCUT2D eigenvalue weighted by Gasteiger charge is 2.23. The molecule has 88 valence electrons. The van der Waals surface area contributed by atoms with Crippen LogP contribution in [0.3, 0.4) is 0 Å². The molecule has 1 aliphatic rings. The zero-order chi connectivity index (χ0) is 11.5. The molecule has 0 spiro atoms. The molecule has 0 aromatic heterocycles. The van der Waals surface area contributed by atoms with Crippen molar-refractivity contribution in [3.05, 3.63) is 29.8 Å². The van der Waals surface area contributed by atoms with Crippen molar-refractivity contribution < 1.29 is 4.74 Å². The summed E-state index contributed by atoms with van der Waals surface area (Å²) in [6, 6.07) is 8.35. The van der Waals surface area contributed by atoms with Gasteiger partial charge in [-0.05, 0) is 25.5 Å². The van der Waals surface area contributed by atoms with Crippen LogP contribution in [0, 0.1) is 0 Å². The molecule has 0 bridgehead atoms. The average Bonchev–Trinajstić information content (AvgIpc) is 2.27. The summed E-state index contributed by atoms with van der Waals surface area (Å²) in [5, 5.41) is 0. The van der Waals surface area contributed by atoms with E-state index in [9.17, 15) is 0 Å². The number of hydrogen-bond acceptors (Lipinski definition) is 3. The van der Waals surface area contributed by atoms with E-state index in [1.54, 1.807) is 0 Å². The zero-order valence-electron chi connectivity index (χ0n) is 10.0. The molecule has 1 saturated heterocycles. The molecule has 2 unspecified atom stereocenters. The lowest BCUT2D eigenvalue weighted by atomic mass is 10.1. The van der Waals surface area contributed by atoms with E-state index in [0.29, 0.717) is 6.54 Å². The van der Waals surface area contributed by atoms with Gasteiger partial charge in [0.25, 0.3) is 0 Å². The molecule has 0 aliphatic carbocycles. The van der Waals surface area contributed by atoms with Gasteiger partial charge < -0.3 is 15.4 Å². The van der Waals surface area contributed by atoms with E-state index in [2.05, 4.69) is 36.9 Å². The van der Waals surface area contributed by atoms with E-state index in [4.69, 9.17) is 10.5 Å². The maximum absolute atomic E-state index is 5.77. The third-order valence-electron chi connectivity index (χ3n) is 2.97. The van der Waals surface area contributed by atoms with Gasteiger partial charge in [0.1, 0.15) is 0 Å². The summed E-state index contributed by atoms with van der Waals surface area (Å²) in [5.74, 6) is 0. The van der Waals surface area contributed by atoms with E-state index in [1.165, 1.54) is 11.3 Å². The number of hydrogen-bond donors (Lipinski definition) is 1. The maximum atomic E-state index is 5.77. The molecule has 0 amide bonds. The number of rotatable bonds is 2. The van der Waals surface area contributed by atoms with Gasteiger partial charge >= 0.3 is 0 Å². The van der Waals surface area contributed by atoms with Crippen molar-refractivity contribution >= 4 is 5.69 Å². The van der Waals surface area contributed by atoms with Gasteiger partial charge in [-0.25, -0.2) is 0 Å². The highest BCUT2D eigenvalue weighted by molar-refractivity contribution is 5.54. The second-order valence-corrected chi connectivity index (χ2v) is 4.50. The van der Waals surface area contributed by atoms with Crippen LogP contribution < -0.4 is 10.6 Å². The summed E-state index contributed by atoms with van der Waals surface area (Å²) in [5.41, 5.74) is 8.24. The predicted octanol–water partition coefficient (Wildman–Crippen LogP) is 1.76. The minimum Gasteiger partial charge on any atom is -0.372 e. The Morgan fingerprint density at radius 3 is 2.50 bits per heavy atom. The topological polar surface area (TPSA) is 38.5 Å². The van der Waals surface area contributed by atoms with Crippen LogP contribution in [0.2, 0.25) is 0 Å². The first kappa shape index (κ1) is 11.4. The van der Waals surface area contributed by atoms with Crippen molar-refractivity contribution in [3.8, 4) is 0 Å². The first-order valence-electron chi connectivity index (χ1n) is 5.89. The Bertz CT molecular complexity index is 344. The monoisotopic (exact) mass is 220 g/mol. The summed E-state index contributed by atoms with van der Waals surface area (Å²) >= 11 is 0. The lowest BCUT2D eigenvalue weighted by Gasteiger charge is -2.37. The second kappa shape index (κ2) is 4.85. The van der Waals surface area contributed by atoms with Gasteiger partial charge in [0.2, 0.25) is 0 Å². The molecular weight excluding hydrogens is 200 g/mol. The number of benzene rings is 1. The fraction of sp³-hybridized carbons (Fsp3) is 0.538. The molecule has 1 aliphatic heterocycles. The zero-order valence-corrected chi connectivity index (χ0v) is 10.0. The number of nitrogens with two attached hydrogens (primary N) is 1. The largest absolute Gasteiger partial charge is 0.372 e. The van der Waals surface area contributed by atoms with Crippen LogP contribution >= 0.6 is 0 Å². The maximum Gasteiger partial charge on any atom is 0.0726 e. The molecule has 16 heavy (non-hydrogen) atoms. The van der Waals surface area contributed by atoms with Crippen molar-refractivity contribution in [2.24, 2.45) is 5.73 Å². The molecule has 2 atom stereocenters. The number of anilines is 1. The van der Waals surface area contributed by atoms with E-state index < -0.39 is 0 Å². The van der Waals surface area contributed by atoms with Crippen LogP contribution in [0.1, 0.15) is 19.4 Å². The molecule has 3 nitrogen and oxygen atoms in total. The number of para-hydroxylation sites is 1. The standard InChI is InChI=1S/C13H20N2O/c1-10-8-15(9-11(2)16-10)13-6-4-3-5-12(13)7-14/h3-6,10-11H,7-9,14H2,1-2H3. The summed E-state index contributed by atoms with van der Waals surface area (Å²) in [6.07, 6.45) is 0.573. The van der Waals surface area contributed by atoms with Gasteiger partial charge in [-0.15, -0.1) is 0 Å². The van der Waals surface area contributed by atoms with E-state index in [1.807, 2.05) is 6.07 Å². The highest BCUT2D eigenvalue weighted by Crippen LogP contribution is 2.23. The smallest absolute Gasteiger partial charge is 0.0726 e. The van der Waals surface area contributed by atoms with Crippen molar-refractivity contribution in [1.29, 1.82) is 0 Å². The van der Waals surface area contributed by atoms with Crippen LogP contribution in [0.5, 0.6) is 0 Å². The summed E-state index contributed by atoms with van der Waals surface area (Å²) in [6.45, 7) is 6.72. The third-order valence-corrected chi connectivity index (χ3v) is 2.97. The lowest BCUT2D eigenvalue weighted by molar-refractivity contribution is -0.00525. The van der Waals surface area contributed by atoms with Gasteiger partial charge in [0.15, 0.2) is 0 Å². The fourth-order valence-electron chi connectivity index (χ4n) is 2.37. The third kappa shape index (κ3) is 2.36. The van der Waals surface area contributed by atoms with E-state index >= 15 is 0 Å². The van der Waals surface area contributed by atoms with Gasteiger partial charge in [-0.1, -0.05) is 18.2 Å². The molecule has 1 fully saturated rings. The Balaban J connectivity index is 2.22. The molecule has 1 aromatic carbocycles. The molecule has 1 aromatic rings. The molecule has 1 heterocycles. The molecule has 0 radical (unpaired) electrons. The first-order chi connectivity index (χ1) is 7.70. The SMILES string of the molecule is CC1CN(c2ccccc2CN)CC(C)O1. The summed E-state index contributed by atoms with van der Waals surface area (Å²) in [7, 11) is 0. The Kier molecular flexibility index (Phi) is 3.46. The van der Waals surface area contributed by atoms with Crippen molar-refractivity contribution in [1.82, 2.24) is 0 Å². The molecule has 3 heteroatoms. The van der Waals surface area contributed by atoms with Crippen molar-refractivity contribution in [2.45, 2.75) is 32.6 Å². The summed E-state index contributed by atoms with van der Waals surface area (Å²) in [4.78, 5) is 2.38. The van der Waals surface area contributed by atoms with E-state index in [-0.39, 0.29) is 12.2 Å². The lowest BCUT2D eigenvalue weighted by Crippen LogP contribution is -2.45.